The molecule has 0 radical (unpaired) electrons. The molecule has 0 spiro atoms. The average Bonchev–Trinajstić information content (AvgIpc) is 2.53. The Labute approximate surface area is 81.6 Å². The van der Waals surface area contributed by atoms with E-state index in [1.54, 1.807) is 4.68 Å². The molecule has 1 aromatic heterocycles. The zero-order chi connectivity index (χ0) is 9.42. The Hall–Kier alpha value is -0.900. The molecular weight excluding hydrogens is 188 g/mol. The van der Waals surface area contributed by atoms with Gasteiger partial charge in [0.05, 0.1) is 0 Å². The molecule has 0 N–H and O–H groups in total. The Bertz CT molecular complexity index is 344. The standard InChI is InChI=1S/C8H11ClN4/c1-3-6-5(2)12-8-10-4-11-13(8)7(6)9/h4,6-7H,3H2,1-2H3. The van der Waals surface area contributed by atoms with Crippen molar-refractivity contribution in [1.82, 2.24) is 14.8 Å². The lowest BCUT2D eigenvalue weighted by atomic mass is 10.0. The molecule has 2 unspecified atom stereocenters. The molecule has 2 atom stereocenters. The van der Waals surface area contributed by atoms with Crippen LogP contribution in [0.2, 0.25) is 0 Å². The molecule has 2 rings (SSSR count). The van der Waals surface area contributed by atoms with E-state index in [1.165, 1.54) is 6.33 Å². The van der Waals surface area contributed by atoms with Gasteiger partial charge in [0.15, 0.2) is 0 Å². The Balaban J connectivity index is 2.46. The Morgan fingerprint density at radius 3 is 3.08 bits per heavy atom. The van der Waals surface area contributed by atoms with Crippen molar-refractivity contribution in [2.24, 2.45) is 10.9 Å². The van der Waals surface area contributed by atoms with Crippen LogP contribution in [-0.2, 0) is 0 Å². The quantitative estimate of drug-likeness (QED) is 0.649. The van der Waals surface area contributed by atoms with Crippen LogP contribution >= 0.6 is 11.6 Å². The highest BCUT2D eigenvalue weighted by molar-refractivity contribution is 6.21. The van der Waals surface area contributed by atoms with E-state index in [1.807, 2.05) is 6.92 Å². The molecule has 4 nitrogen and oxygen atoms in total. The number of nitrogens with zero attached hydrogens (tertiary/aromatic N) is 4. The third-order valence-electron chi connectivity index (χ3n) is 2.37. The molecule has 0 aromatic carbocycles. The highest BCUT2D eigenvalue weighted by Crippen LogP contribution is 2.33. The fraction of sp³-hybridized carbons (Fsp3) is 0.625. The van der Waals surface area contributed by atoms with E-state index in [9.17, 15) is 0 Å². The van der Waals surface area contributed by atoms with Crippen molar-refractivity contribution in [3.05, 3.63) is 6.33 Å². The van der Waals surface area contributed by atoms with Gasteiger partial charge < -0.3 is 0 Å². The SMILES string of the molecule is CCC1C(C)=Nc2ncnn2C1Cl. The van der Waals surface area contributed by atoms with Gasteiger partial charge in [0, 0.05) is 11.6 Å². The van der Waals surface area contributed by atoms with E-state index in [0.717, 1.165) is 12.1 Å². The highest BCUT2D eigenvalue weighted by Gasteiger charge is 2.28. The van der Waals surface area contributed by atoms with Gasteiger partial charge in [-0.05, 0) is 13.3 Å². The number of hydrogen-bond acceptors (Lipinski definition) is 3. The van der Waals surface area contributed by atoms with E-state index < -0.39 is 0 Å². The second-order valence-corrected chi connectivity index (χ2v) is 3.59. The summed E-state index contributed by atoms with van der Waals surface area (Å²) in [7, 11) is 0. The monoisotopic (exact) mass is 198 g/mol. The molecule has 1 aliphatic heterocycles. The van der Waals surface area contributed by atoms with Crippen LogP contribution in [0.5, 0.6) is 0 Å². The van der Waals surface area contributed by atoms with Gasteiger partial charge in [-0.3, -0.25) is 0 Å². The first-order chi connectivity index (χ1) is 6.24. The van der Waals surface area contributed by atoms with Gasteiger partial charge in [0.1, 0.15) is 11.8 Å². The first-order valence-corrected chi connectivity index (χ1v) is 4.76. The number of hydrogen-bond donors (Lipinski definition) is 0. The third-order valence-corrected chi connectivity index (χ3v) is 2.86. The molecule has 0 fully saturated rings. The molecule has 0 saturated heterocycles. The largest absolute Gasteiger partial charge is 0.249 e. The minimum absolute atomic E-state index is 0.139. The molecule has 0 saturated carbocycles. The predicted octanol–water partition coefficient (Wildman–Crippen LogP) is 2.15. The number of fused-ring (bicyclic) bond motifs is 1. The van der Waals surface area contributed by atoms with Crippen LogP contribution in [0, 0.1) is 5.92 Å². The van der Waals surface area contributed by atoms with Crippen molar-refractivity contribution in [3.63, 3.8) is 0 Å². The van der Waals surface area contributed by atoms with E-state index in [0.29, 0.717) is 5.95 Å². The topological polar surface area (TPSA) is 43.1 Å². The van der Waals surface area contributed by atoms with E-state index in [4.69, 9.17) is 11.6 Å². The highest BCUT2D eigenvalue weighted by atomic mass is 35.5. The molecule has 1 aromatic rings. The van der Waals surface area contributed by atoms with Crippen LogP contribution in [0.15, 0.2) is 11.3 Å². The Morgan fingerprint density at radius 2 is 2.38 bits per heavy atom. The lowest BCUT2D eigenvalue weighted by Gasteiger charge is -2.25. The maximum Gasteiger partial charge on any atom is 0.249 e. The van der Waals surface area contributed by atoms with Crippen molar-refractivity contribution >= 4 is 23.3 Å². The zero-order valence-corrected chi connectivity index (χ0v) is 8.36. The van der Waals surface area contributed by atoms with E-state index in [2.05, 4.69) is 22.0 Å². The lowest BCUT2D eigenvalue weighted by Crippen LogP contribution is -2.25. The second-order valence-electron chi connectivity index (χ2n) is 3.15. The summed E-state index contributed by atoms with van der Waals surface area (Å²) < 4.78 is 1.67. The maximum atomic E-state index is 6.23. The lowest BCUT2D eigenvalue weighted by molar-refractivity contribution is 0.466. The number of rotatable bonds is 1. The Kier molecular flexibility index (Phi) is 2.07. The summed E-state index contributed by atoms with van der Waals surface area (Å²) in [5.41, 5.74) is 0.906. The molecule has 1 aliphatic rings. The van der Waals surface area contributed by atoms with Crippen LogP contribution in [0.4, 0.5) is 5.95 Å². The first kappa shape index (κ1) is 8.69. The van der Waals surface area contributed by atoms with Gasteiger partial charge in [-0.2, -0.15) is 10.1 Å². The summed E-state index contributed by atoms with van der Waals surface area (Å²) in [6, 6.07) is 0. The number of aliphatic imine (C=N–C) groups is 1. The zero-order valence-electron chi connectivity index (χ0n) is 7.61. The molecule has 13 heavy (non-hydrogen) atoms. The fourth-order valence-electron chi connectivity index (χ4n) is 1.60. The maximum absolute atomic E-state index is 6.23. The fourth-order valence-corrected chi connectivity index (χ4v) is 2.10. The van der Waals surface area contributed by atoms with Gasteiger partial charge in [-0.1, -0.05) is 18.5 Å². The molecule has 5 heteroatoms. The number of halogens is 1. The van der Waals surface area contributed by atoms with Crippen LogP contribution in [-0.4, -0.2) is 20.5 Å². The smallest absolute Gasteiger partial charge is 0.221 e. The Morgan fingerprint density at radius 1 is 1.62 bits per heavy atom. The van der Waals surface area contributed by atoms with Crippen molar-refractivity contribution < 1.29 is 0 Å². The second kappa shape index (κ2) is 3.10. The summed E-state index contributed by atoms with van der Waals surface area (Å²) >= 11 is 6.23. The van der Waals surface area contributed by atoms with Crippen LogP contribution in [0.3, 0.4) is 0 Å². The molecule has 2 heterocycles. The molecule has 70 valence electrons. The summed E-state index contributed by atoms with van der Waals surface area (Å²) in [4.78, 5) is 8.34. The molecule has 0 aliphatic carbocycles. The van der Waals surface area contributed by atoms with Gasteiger partial charge >= 0.3 is 0 Å². The van der Waals surface area contributed by atoms with E-state index >= 15 is 0 Å². The van der Waals surface area contributed by atoms with Crippen molar-refractivity contribution in [2.45, 2.75) is 25.8 Å². The predicted molar refractivity (Wildman–Crippen MR) is 51.5 cm³/mol. The summed E-state index contributed by atoms with van der Waals surface area (Å²) in [5.74, 6) is 0.887. The van der Waals surface area contributed by atoms with Crippen molar-refractivity contribution in [2.75, 3.05) is 0 Å². The summed E-state index contributed by atoms with van der Waals surface area (Å²) in [6.45, 7) is 4.09. The number of alkyl halides is 1. The first-order valence-electron chi connectivity index (χ1n) is 4.32. The normalized spacial score (nSPS) is 26.8. The van der Waals surface area contributed by atoms with Crippen molar-refractivity contribution in [3.8, 4) is 0 Å². The summed E-state index contributed by atoms with van der Waals surface area (Å²) in [5, 5.41) is 4.04. The number of aromatic nitrogens is 3. The van der Waals surface area contributed by atoms with Crippen LogP contribution < -0.4 is 0 Å². The van der Waals surface area contributed by atoms with Crippen LogP contribution in [0.1, 0.15) is 25.8 Å². The third kappa shape index (κ3) is 1.25. The van der Waals surface area contributed by atoms with E-state index in [-0.39, 0.29) is 11.4 Å². The molecule has 0 bridgehead atoms. The van der Waals surface area contributed by atoms with Crippen LogP contribution in [0.25, 0.3) is 0 Å². The summed E-state index contributed by atoms with van der Waals surface area (Å²) in [6.07, 6.45) is 2.46. The molecule has 0 amide bonds. The van der Waals surface area contributed by atoms with Gasteiger partial charge in [-0.15, -0.1) is 0 Å². The van der Waals surface area contributed by atoms with Gasteiger partial charge in [-0.25, -0.2) is 9.67 Å². The van der Waals surface area contributed by atoms with Crippen molar-refractivity contribution in [1.29, 1.82) is 0 Å². The minimum Gasteiger partial charge on any atom is -0.221 e. The average molecular weight is 199 g/mol. The molecular formula is C8H11ClN4. The van der Waals surface area contributed by atoms with Gasteiger partial charge in [0.2, 0.25) is 5.95 Å². The minimum atomic E-state index is -0.139. The van der Waals surface area contributed by atoms with Gasteiger partial charge in [0.25, 0.3) is 0 Å².